The second-order valence-corrected chi connectivity index (χ2v) is 8.19. The van der Waals surface area contributed by atoms with E-state index in [9.17, 15) is 15.3 Å². The summed E-state index contributed by atoms with van der Waals surface area (Å²) < 4.78 is 6.60. The molecule has 3 aromatic rings. The van der Waals surface area contributed by atoms with Crippen LogP contribution in [0.2, 0.25) is 0 Å². The molecule has 0 unspecified atom stereocenters. The van der Waals surface area contributed by atoms with Crippen LogP contribution in [0.15, 0.2) is 101 Å². The lowest BCUT2D eigenvalue weighted by Crippen LogP contribution is -2.40. The van der Waals surface area contributed by atoms with Crippen LogP contribution in [-0.2, 0) is 10.3 Å². The Hall–Kier alpha value is -3.88. The molecule has 186 valence electrons. The average molecular weight is 489 g/mol. The van der Waals surface area contributed by atoms with E-state index in [1.54, 1.807) is 0 Å². The van der Waals surface area contributed by atoms with Gasteiger partial charge in [-0.2, -0.15) is 0 Å². The minimum absolute atomic E-state index is 0.193. The molecule has 0 amide bonds. The summed E-state index contributed by atoms with van der Waals surface area (Å²) in [6, 6.07) is 26.5. The molecule has 0 aliphatic rings. The molecule has 0 aliphatic heterocycles. The smallest absolute Gasteiger partial charge is 0.143 e. The Kier molecular flexibility index (Phi) is 9.85. The summed E-state index contributed by atoms with van der Waals surface area (Å²) in [5.74, 6) is 0. The molecule has 0 aliphatic carbocycles. The van der Waals surface area contributed by atoms with Gasteiger partial charge in [0.25, 0.3) is 0 Å². The van der Waals surface area contributed by atoms with Crippen molar-refractivity contribution in [2.24, 2.45) is 10.2 Å². The van der Waals surface area contributed by atoms with Gasteiger partial charge in [-0.05, 0) is 27.8 Å². The topological polar surface area (TPSA) is 167 Å². The van der Waals surface area contributed by atoms with Crippen molar-refractivity contribution in [1.29, 1.82) is 0 Å². The number of hydrogen-bond donors (Lipinski definition) is 3. The maximum absolute atomic E-state index is 10.8. The van der Waals surface area contributed by atoms with Crippen LogP contribution in [0.5, 0.6) is 0 Å². The molecule has 0 bridgehead atoms. The van der Waals surface area contributed by atoms with Gasteiger partial charge in [0.2, 0.25) is 0 Å². The van der Waals surface area contributed by atoms with E-state index in [0.29, 0.717) is 0 Å². The standard InChI is InChI=1S/C26H28N6O4/c27-31-29-22(17-33)24(34)16-25(35)23(30-32-28)18-36-26(19-10-4-1-5-11-19,20-12-6-2-7-13-20)21-14-8-3-9-15-21/h1-15,22-25,33-35H,16-18H2/t22-,23-,24+,25+/m1/s1. The summed E-state index contributed by atoms with van der Waals surface area (Å²) in [6.07, 6.45) is -2.98. The molecule has 10 heteroatoms. The van der Waals surface area contributed by atoms with Gasteiger partial charge in [-0.3, -0.25) is 0 Å². The maximum Gasteiger partial charge on any atom is 0.143 e. The Labute approximate surface area is 208 Å². The normalized spacial score (nSPS) is 14.5. The van der Waals surface area contributed by atoms with Gasteiger partial charge in [0.1, 0.15) is 5.60 Å². The Balaban J connectivity index is 2.00. The minimum Gasteiger partial charge on any atom is -0.396 e. The third kappa shape index (κ3) is 6.21. The number of hydrogen-bond acceptors (Lipinski definition) is 6. The van der Waals surface area contributed by atoms with E-state index in [2.05, 4.69) is 20.1 Å². The molecular weight excluding hydrogens is 460 g/mol. The molecule has 36 heavy (non-hydrogen) atoms. The summed E-state index contributed by atoms with van der Waals surface area (Å²) in [5, 5.41) is 37.6. The van der Waals surface area contributed by atoms with Crippen LogP contribution >= 0.6 is 0 Å². The predicted octanol–water partition coefficient (Wildman–Crippen LogP) is 4.46. The molecule has 0 spiro atoms. The van der Waals surface area contributed by atoms with E-state index in [-0.39, 0.29) is 13.0 Å². The summed E-state index contributed by atoms with van der Waals surface area (Å²) in [5.41, 5.74) is 19.2. The maximum atomic E-state index is 10.8. The summed E-state index contributed by atoms with van der Waals surface area (Å²) in [4.78, 5) is 5.46. The van der Waals surface area contributed by atoms with Gasteiger partial charge in [0.15, 0.2) is 0 Å². The Bertz CT molecular complexity index is 1070. The molecule has 10 nitrogen and oxygen atoms in total. The fraction of sp³-hybridized carbons (Fsp3) is 0.308. The zero-order valence-corrected chi connectivity index (χ0v) is 19.5. The molecule has 3 rings (SSSR count). The number of nitrogens with zero attached hydrogens (tertiary/aromatic N) is 6. The molecule has 0 aromatic heterocycles. The fourth-order valence-corrected chi connectivity index (χ4v) is 4.13. The number of aliphatic hydroxyl groups is 3. The van der Waals surface area contributed by atoms with Gasteiger partial charge in [-0.25, -0.2) is 0 Å². The molecule has 4 atom stereocenters. The third-order valence-electron chi connectivity index (χ3n) is 5.97. The Morgan fingerprint density at radius 3 is 1.47 bits per heavy atom. The summed E-state index contributed by atoms with van der Waals surface area (Å²) in [7, 11) is 0. The van der Waals surface area contributed by atoms with Crippen LogP contribution in [0.25, 0.3) is 20.9 Å². The molecule has 0 radical (unpaired) electrons. The highest BCUT2D eigenvalue weighted by Gasteiger charge is 2.39. The van der Waals surface area contributed by atoms with Gasteiger partial charge in [-0.15, -0.1) is 0 Å². The van der Waals surface area contributed by atoms with Crippen LogP contribution in [-0.4, -0.2) is 52.8 Å². The Morgan fingerprint density at radius 2 is 1.08 bits per heavy atom. The first-order valence-corrected chi connectivity index (χ1v) is 11.4. The Morgan fingerprint density at radius 1 is 0.694 bits per heavy atom. The lowest BCUT2D eigenvalue weighted by Gasteiger charge is -2.37. The van der Waals surface area contributed by atoms with Crippen molar-refractivity contribution in [2.45, 2.75) is 36.3 Å². The number of ether oxygens (including phenoxy) is 1. The van der Waals surface area contributed by atoms with Crippen molar-refractivity contribution in [3.05, 3.63) is 129 Å². The van der Waals surface area contributed by atoms with Gasteiger partial charge in [0, 0.05) is 16.2 Å². The van der Waals surface area contributed by atoms with E-state index in [4.69, 9.17) is 15.8 Å². The lowest BCUT2D eigenvalue weighted by atomic mass is 9.80. The van der Waals surface area contributed by atoms with E-state index < -0.39 is 36.5 Å². The fourth-order valence-electron chi connectivity index (χ4n) is 4.13. The zero-order valence-electron chi connectivity index (χ0n) is 19.5. The van der Waals surface area contributed by atoms with E-state index in [1.807, 2.05) is 91.0 Å². The van der Waals surface area contributed by atoms with Crippen molar-refractivity contribution in [3.63, 3.8) is 0 Å². The monoisotopic (exact) mass is 488 g/mol. The largest absolute Gasteiger partial charge is 0.396 e. The van der Waals surface area contributed by atoms with Gasteiger partial charge >= 0.3 is 0 Å². The molecule has 0 saturated carbocycles. The summed E-state index contributed by atoms with van der Waals surface area (Å²) in [6.45, 7) is -0.790. The molecule has 0 heterocycles. The van der Waals surface area contributed by atoms with E-state index in [1.165, 1.54) is 0 Å². The highest BCUT2D eigenvalue weighted by Crippen LogP contribution is 2.40. The second kappa shape index (κ2) is 13.3. The van der Waals surface area contributed by atoms with Crippen molar-refractivity contribution in [2.75, 3.05) is 13.2 Å². The number of aliphatic hydroxyl groups excluding tert-OH is 3. The molecular formula is C26H28N6O4. The van der Waals surface area contributed by atoms with Crippen LogP contribution in [0, 0.1) is 0 Å². The second-order valence-electron chi connectivity index (χ2n) is 8.19. The van der Waals surface area contributed by atoms with Crippen molar-refractivity contribution in [3.8, 4) is 0 Å². The summed E-state index contributed by atoms with van der Waals surface area (Å²) >= 11 is 0. The molecule has 0 saturated heterocycles. The van der Waals surface area contributed by atoms with Crippen molar-refractivity contribution in [1.82, 2.24) is 0 Å². The van der Waals surface area contributed by atoms with Crippen molar-refractivity contribution < 1.29 is 20.1 Å². The molecule has 3 N–H and O–H groups in total. The van der Waals surface area contributed by atoms with Crippen LogP contribution in [0.1, 0.15) is 23.1 Å². The zero-order chi connectivity index (χ0) is 25.8. The van der Waals surface area contributed by atoms with Gasteiger partial charge in [-0.1, -0.05) is 101 Å². The number of benzene rings is 3. The average Bonchev–Trinajstić information content (AvgIpc) is 2.93. The van der Waals surface area contributed by atoms with Crippen LogP contribution < -0.4 is 0 Å². The molecule has 3 aromatic carbocycles. The van der Waals surface area contributed by atoms with Crippen LogP contribution in [0.4, 0.5) is 0 Å². The first-order valence-electron chi connectivity index (χ1n) is 11.4. The molecule has 0 fully saturated rings. The quantitative estimate of drug-likeness (QED) is 0.140. The highest BCUT2D eigenvalue weighted by atomic mass is 16.5. The lowest BCUT2D eigenvalue weighted by molar-refractivity contribution is -0.0272. The predicted molar refractivity (Wildman–Crippen MR) is 135 cm³/mol. The SMILES string of the molecule is [N-]=[N+]=N[C@H](CO)[C@@H](O)C[C@H](O)[C@@H](COC(c1ccccc1)(c1ccccc1)c1ccccc1)N=[N+]=[N-]. The highest BCUT2D eigenvalue weighted by molar-refractivity contribution is 5.47. The third-order valence-corrected chi connectivity index (χ3v) is 5.97. The first kappa shape index (κ1) is 26.7. The van der Waals surface area contributed by atoms with Gasteiger partial charge < -0.3 is 20.1 Å². The minimum atomic E-state index is -1.35. The van der Waals surface area contributed by atoms with E-state index >= 15 is 0 Å². The van der Waals surface area contributed by atoms with Crippen LogP contribution in [0.3, 0.4) is 0 Å². The first-order chi connectivity index (χ1) is 17.6. The van der Waals surface area contributed by atoms with E-state index in [0.717, 1.165) is 16.7 Å². The number of azide groups is 2. The number of rotatable bonds is 13. The van der Waals surface area contributed by atoms with Crippen molar-refractivity contribution >= 4 is 0 Å². The van der Waals surface area contributed by atoms with Gasteiger partial charge in [0.05, 0.1) is 37.5 Å².